The number of ether oxygens (including phenoxy) is 1. The number of nitrogens with zero attached hydrogens (tertiary/aromatic N) is 2. The van der Waals surface area contributed by atoms with Crippen LogP contribution in [0, 0.1) is 0 Å². The summed E-state index contributed by atoms with van der Waals surface area (Å²) in [4.78, 5) is 25.2. The number of nitrogen functional groups attached to an aromatic ring is 1. The molecule has 0 radical (unpaired) electrons. The first-order valence-electron chi connectivity index (χ1n) is 9.00. The molecule has 28 heavy (non-hydrogen) atoms. The summed E-state index contributed by atoms with van der Waals surface area (Å²) >= 11 is 2.97. The minimum Gasteiger partial charge on any atom is -0.495 e. The van der Waals surface area contributed by atoms with E-state index < -0.39 is 0 Å². The number of amides is 1. The molecule has 1 aliphatic rings. The predicted octanol–water partition coefficient (Wildman–Crippen LogP) is 1.58. The summed E-state index contributed by atoms with van der Waals surface area (Å²) in [5, 5.41) is 4.38. The van der Waals surface area contributed by atoms with Crippen molar-refractivity contribution in [3.8, 4) is 5.75 Å². The number of carbonyl (C=O) groups is 1. The molecule has 0 saturated heterocycles. The molecule has 3 heterocycles. The van der Waals surface area contributed by atoms with Gasteiger partial charge in [0.05, 0.1) is 42.4 Å². The number of nitrogens with one attached hydrogen (secondary N) is 2. The first-order chi connectivity index (χ1) is 13.5. The third-order valence-electron chi connectivity index (χ3n) is 4.72. The summed E-state index contributed by atoms with van der Waals surface area (Å²) in [6, 6.07) is 7.31. The number of fused-ring (bicyclic) bond motifs is 3. The lowest BCUT2D eigenvalue weighted by atomic mass is 10.1. The summed E-state index contributed by atoms with van der Waals surface area (Å²) in [7, 11) is 3.77. The highest BCUT2D eigenvalue weighted by molar-refractivity contribution is 7.99. The van der Waals surface area contributed by atoms with Crippen LogP contribution in [0.3, 0.4) is 0 Å². The van der Waals surface area contributed by atoms with E-state index in [1.165, 1.54) is 27.1 Å². The van der Waals surface area contributed by atoms with Crippen LogP contribution in [-0.2, 0) is 17.8 Å². The fourth-order valence-electron chi connectivity index (χ4n) is 3.35. The maximum atomic E-state index is 12.3. The van der Waals surface area contributed by atoms with Crippen molar-refractivity contribution >= 4 is 50.7 Å². The van der Waals surface area contributed by atoms with E-state index in [9.17, 15) is 4.79 Å². The molecule has 4 N–H and O–H groups in total. The van der Waals surface area contributed by atoms with E-state index in [1.807, 2.05) is 12.1 Å². The Morgan fingerprint density at radius 3 is 3.04 bits per heavy atom. The number of thioether (sulfide) groups is 1. The van der Waals surface area contributed by atoms with Crippen LogP contribution < -0.4 is 20.7 Å². The summed E-state index contributed by atoms with van der Waals surface area (Å²) in [6.45, 7) is 2.09. The second-order valence-corrected chi connectivity index (χ2v) is 8.77. The van der Waals surface area contributed by atoms with E-state index >= 15 is 0 Å². The van der Waals surface area contributed by atoms with Gasteiger partial charge in [-0.15, -0.1) is 11.3 Å². The zero-order chi connectivity index (χ0) is 19.7. The van der Waals surface area contributed by atoms with Crippen molar-refractivity contribution in [1.29, 1.82) is 0 Å². The smallest absolute Gasteiger partial charge is 0.234 e. The number of hydrogen-bond acceptors (Lipinski definition) is 7. The van der Waals surface area contributed by atoms with Crippen molar-refractivity contribution in [3.05, 3.63) is 34.7 Å². The largest absolute Gasteiger partial charge is 0.495 e. The Balaban J connectivity index is 1.48. The lowest BCUT2D eigenvalue weighted by Gasteiger charge is -2.19. The van der Waals surface area contributed by atoms with E-state index in [2.05, 4.69) is 22.3 Å². The molecule has 146 valence electrons. The molecule has 0 aliphatic carbocycles. The van der Waals surface area contributed by atoms with Crippen molar-refractivity contribution in [2.75, 3.05) is 37.5 Å². The fourth-order valence-corrected chi connectivity index (χ4v) is 5.40. The van der Waals surface area contributed by atoms with Gasteiger partial charge in [-0.2, -0.15) is 0 Å². The number of quaternary nitrogens is 1. The Kier molecular flexibility index (Phi) is 5.38. The van der Waals surface area contributed by atoms with Gasteiger partial charge in [-0.3, -0.25) is 4.79 Å². The molecule has 2 aromatic heterocycles. The zero-order valence-electron chi connectivity index (χ0n) is 15.7. The molecule has 1 amide bonds. The second kappa shape index (κ2) is 7.94. The van der Waals surface area contributed by atoms with Crippen molar-refractivity contribution < 1.29 is 14.4 Å². The Bertz CT molecular complexity index is 1040. The Morgan fingerprint density at radius 2 is 2.21 bits per heavy atom. The quantitative estimate of drug-likeness (QED) is 0.432. The lowest BCUT2D eigenvalue weighted by molar-refractivity contribution is -0.895. The fraction of sp³-hybridized carbons (Fsp3) is 0.316. The molecule has 1 aliphatic heterocycles. The molecule has 1 atom stereocenters. The molecule has 0 spiro atoms. The van der Waals surface area contributed by atoms with Crippen molar-refractivity contribution in [3.63, 3.8) is 0 Å². The van der Waals surface area contributed by atoms with Gasteiger partial charge < -0.3 is 20.7 Å². The monoisotopic (exact) mass is 416 g/mol. The van der Waals surface area contributed by atoms with E-state index in [1.54, 1.807) is 30.6 Å². The number of benzene rings is 1. The van der Waals surface area contributed by atoms with Crippen LogP contribution in [0.1, 0.15) is 10.4 Å². The highest BCUT2D eigenvalue weighted by Gasteiger charge is 2.24. The number of rotatable bonds is 5. The highest BCUT2D eigenvalue weighted by Crippen LogP contribution is 2.35. The number of nitrogens with two attached hydrogens (primary N) is 1. The van der Waals surface area contributed by atoms with Crippen LogP contribution >= 0.6 is 23.1 Å². The molecule has 0 bridgehead atoms. The van der Waals surface area contributed by atoms with Crippen LogP contribution in [0.15, 0.2) is 29.4 Å². The van der Waals surface area contributed by atoms with Crippen LogP contribution in [-0.4, -0.2) is 42.3 Å². The van der Waals surface area contributed by atoms with Gasteiger partial charge in [0.25, 0.3) is 0 Å². The maximum Gasteiger partial charge on any atom is 0.234 e. The molecule has 9 heteroatoms. The zero-order valence-corrected chi connectivity index (χ0v) is 17.4. The number of para-hydroxylation sites is 2. The van der Waals surface area contributed by atoms with Crippen LogP contribution in [0.5, 0.6) is 5.75 Å². The van der Waals surface area contributed by atoms with Gasteiger partial charge in [-0.05, 0) is 17.7 Å². The number of methoxy groups -OCH3 is 1. The molecular weight excluding hydrogens is 394 g/mol. The van der Waals surface area contributed by atoms with Crippen molar-refractivity contribution in [1.82, 2.24) is 9.97 Å². The minimum atomic E-state index is -0.146. The van der Waals surface area contributed by atoms with Gasteiger partial charge in [0.2, 0.25) is 5.91 Å². The standard InChI is InChI=1S/C19H21N5O2S2/c1-24-8-7-11-14(9-24)28-18-16(11)17(20)22-19(23-18)27-10-15(25)21-12-5-3-4-6-13(12)26-2/h3-6H,7-10H2,1-2H3,(H,21,25)(H2,20,22,23)/p+1. The Hall–Kier alpha value is -2.36. The van der Waals surface area contributed by atoms with E-state index in [0.717, 1.165) is 29.7 Å². The number of carbonyl (C=O) groups excluding carboxylic acids is 1. The van der Waals surface area contributed by atoms with Gasteiger partial charge in [0, 0.05) is 6.42 Å². The Morgan fingerprint density at radius 1 is 1.39 bits per heavy atom. The average molecular weight is 417 g/mol. The number of hydrogen-bond donors (Lipinski definition) is 3. The summed E-state index contributed by atoms with van der Waals surface area (Å²) in [5.74, 6) is 1.18. The number of anilines is 2. The minimum absolute atomic E-state index is 0.146. The number of likely N-dealkylation sites (N-methyl/N-ethyl adjacent to an activating group) is 1. The number of thiophene rings is 1. The van der Waals surface area contributed by atoms with E-state index in [0.29, 0.717) is 22.4 Å². The average Bonchev–Trinajstić information content (AvgIpc) is 3.04. The highest BCUT2D eigenvalue weighted by atomic mass is 32.2. The molecule has 3 aromatic rings. The Labute approximate surface area is 171 Å². The second-order valence-electron chi connectivity index (χ2n) is 6.75. The predicted molar refractivity (Wildman–Crippen MR) is 113 cm³/mol. The van der Waals surface area contributed by atoms with Crippen LogP contribution in [0.25, 0.3) is 10.2 Å². The topological polar surface area (TPSA) is 94.6 Å². The van der Waals surface area contributed by atoms with Gasteiger partial charge >= 0.3 is 0 Å². The third kappa shape index (κ3) is 3.78. The molecule has 1 aromatic carbocycles. The molecular formula is C19H22N5O2S2+. The first-order valence-corrected chi connectivity index (χ1v) is 10.8. The van der Waals surface area contributed by atoms with Crippen LogP contribution in [0.2, 0.25) is 0 Å². The summed E-state index contributed by atoms with van der Waals surface area (Å²) in [5.41, 5.74) is 8.19. The van der Waals surface area contributed by atoms with E-state index in [4.69, 9.17) is 10.5 Å². The SMILES string of the molecule is COc1ccccc1NC(=O)CSc1nc(N)c2c3c(sc2n1)C[NH+](C)CC3. The molecule has 1 unspecified atom stereocenters. The molecule has 0 fully saturated rings. The van der Waals surface area contributed by atoms with Gasteiger partial charge in [-0.1, -0.05) is 23.9 Å². The molecule has 0 saturated carbocycles. The van der Waals surface area contributed by atoms with Crippen molar-refractivity contribution in [2.45, 2.75) is 18.1 Å². The molecule has 7 nitrogen and oxygen atoms in total. The first kappa shape index (κ1) is 19.0. The van der Waals surface area contributed by atoms with Gasteiger partial charge in [0.15, 0.2) is 5.16 Å². The normalized spacial score (nSPS) is 16.0. The van der Waals surface area contributed by atoms with E-state index in [-0.39, 0.29) is 11.7 Å². The van der Waals surface area contributed by atoms with Gasteiger partial charge in [0.1, 0.15) is 22.9 Å². The summed E-state index contributed by atoms with van der Waals surface area (Å²) < 4.78 is 5.26. The van der Waals surface area contributed by atoms with Crippen molar-refractivity contribution in [2.24, 2.45) is 0 Å². The van der Waals surface area contributed by atoms with Gasteiger partial charge in [-0.25, -0.2) is 9.97 Å². The maximum absolute atomic E-state index is 12.3. The number of aromatic nitrogens is 2. The lowest BCUT2D eigenvalue weighted by Crippen LogP contribution is -3.08. The van der Waals surface area contributed by atoms with Crippen LogP contribution in [0.4, 0.5) is 11.5 Å². The summed E-state index contributed by atoms with van der Waals surface area (Å²) in [6.07, 6.45) is 1.00. The molecule has 4 rings (SSSR count). The third-order valence-corrected chi connectivity index (χ3v) is 6.69.